The Labute approximate surface area is 116 Å². The lowest BCUT2D eigenvalue weighted by atomic mass is 10.0. The summed E-state index contributed by atoms with van der Waals surface area (Å²) in [6.07, 6.45) is 6.76. The molecule has 2 nitrogen and oxygen atoms in total. The van der Waals surface area contributed by atoms with Gasteiger partial charge in [0.15, 0.2) is 0 Å². The van der Waals surface area contributed by atoms with Crippen LogP contribution in [0.15, 0.2) is 36.1 Å². The minimum atomic E-state index is 0.366. The van der Waals surface area contributed by atoms with Gasteiger partial charge in [-0.1, -0.05) is 36.8 Å². The van der Waals surface area contributed by atoms with Gasteiger partial charge >= 0.3 is 0 Å². The maximum atomic E-state index is 5.80. The van der Waals surface area contributed by atoms with Crippen LogP contribution in [0.5, 0.6) is 0 Å². The Morgan fingerprint density at radius 2 is 2.26 bits per heavy atom. The molecule has 1 aliphatic heterocycles. The number of hydrogen-bond donors (Lipinski definition) is 1. The van der Waals surface area contributed by atoms with Crippen molar-refractivity contribution in [1.82, 2.24) is 5.32 Å². The van der Waals surface area contributed by atoms with Gasteiger partial charge in [0.05, 0.1) is 12.6 Å². The van der Waals surface area contributed by atoms with E-state index in [4.69, 9.17) is 4.74 Å². The normalized spacial score (nSPS) is 16.6. The van der Waals surface area contributed by atoms with E-state index in [-0.39, 0.29) is 0 Å². The summed E-state index contributed by atoms with van der Waals surface area (Å²) in [4.78, 5) is 0. The Balaban J connectivity index is 1.95. The summed E-state index contributed by atoms with van der Waals surface area (Å²) in [6, 6.07) is 9.15. The smallest absolute Gasteiger partial charge is 0.109 e. The molecule has 0 fully saturated rings. The molecule has 0 aliphatic carbocycles. The van der Waals surface area contributed by atoms with E-state index in [1.165, 1.54) is 11.1 Å². The third kappa shape index (κ3) is 4.39. The van der Waals surface area contributed by atoms with Gasteiger partial charge in [-0.3, -0.25) is 0 Å². The Morgan fingerprint density at radius 1 is 1.37 bits per heavy atom. The molecule has 1 unspecified atom stereocenters. The fraction of sp³-hybridized carbons (Fsp3) is 0.529. The lowest BCUT2D eigenvalue weighted by molar-refractivity contribution is 0.165. The van der Waals surface area contributed by atoms with E-state index in [0.717, 1.165) is 44.6 Å². The van der Waals surface area contributed by atoms with Crippen molar-refractivity contribution in [1.29, 1.82) is 0 Å². The van der Waals surface area contributed by atoms with Gasteiger partial charge in [-0.15, -0.1) is 0 Å². The molecule has 1 heterocycles. The van der Waals surface area contributed by atoms with Crippen molar-refractivity contribution >= 4 is 0 Å². The molecule has 0 radical (unpaired) electrons. The van der Waals surface area contributed by atoms with E-state index in [9.17, 15) is 0 Å². The van der Waals surface area contributed by atoms with Gasteiger partial charge in [-0.05, 0) is 50.8 Å². The Morgan fingerprint density at radius 3 is 2.95 bits per heavy atom. The number of allylic oxidation sites excluding steroid dienone is 1. The fourth-order valence-electron chi connectivity index (χ4n) is 2.59. The van der Waals surface area contributed by atoms with Crippen LogP contribution in [0.2, 0.25) is 0 Å². The molecule has 2 heteroatoms. The van der Waals surface area contributed by atoms with Gasteiger partial charge in [0.2, 0.25) is 0 Å². The number of ether oxygens (including phenoxy) is 1. The van der Waals surface area contributed by atoms with E-state index in [1.54, 1.807) is 0 Å². The molecule has 0 saturated heterocycles. The number of aryl methyl sites for hydroxylation is 2. The van der Waals surface area contributed by atoms with Crippen molar-refractivity contribution in [2.24, 2.45) is 0 Å². The highest BCUT2D eigenvalue weighted by Crippen LogP contribution is 2.18. The fourth-order valence-corrected chi connectivity index (χ4v) is 2.59. The molecular weight excluding hydrogens is 234 g/mol. The number of benzene rings is 1. The Hall–Kier alpha value is -1.28. The number of rotatable bonds is 6. The molecule has 1 aromatic carbocycles. The lowest BCUT2D eigenvalue weighted by Crippen LogP contribution is -2.33. The third-order valence-electron chi connectivity index (χ3n) is 3.56. The molecule has 0 aromatic heterocycles. The molecule has 0 spiro atoms. The summed E-state index contributed by atoms with van der Waals surface area (Å²) in [5, 5.41) is 3.54. The Kier molecular flexibility index (Phi) is 5.46. The minimum Gasteiger partial charge on any atom is -0.497 e. The van der Waals surface area contributed by atoms with E-state index >= 15 is 0 Å². The summed E-state index contributed by atoms with van der Waals surface area (Å²) in [7, 11) is 0. The third-order valence-corrected chi connectivity index (χ3v) is 3.56. The predicted molar refractivity (Wildman–Crippen MR) is 80.2 cm³/mol. The van der Waals surface area contributed by atoms with Crippen molar-refractivity contribution < 1.29 is 4.74 Å². The largest absolute Gasteiger partial charge is 0.497 e. The highest BCUT2D eigenvalue weighted by atomic mass is 16.5. The average Bonchev–Trinajstić information content (AvgIpc) is 2.44. The lowest BCUT2D eigenvalue weighted by Gasteiger charge is -2.24. The summed E-state index contributed by atoms with van der Waals surface area (Å²) >= 11 is 0. The van der Waals surface area contributed by atoms with Crippen LogP contribution in [-0.4, -0.2) is 19.2 Å². The van der Waals surface area contributed by atoms with E-state index < -0.39 is 0 Å². The van der Waals surface area contributed by atoms with Gasteiger partial charge in [0.25, 0.3) is 0 Å². The molecule has 0 saturated carbocycles. The average molecular weight is 259 g/mol. The van der Waals surface area contributed by atoms with Gasteiger partial charge in [0, 0.05) is 0 Å². The minimum absolute atomic E-state index is 0.366. The molecule has 19 heavy (non-hydrogen) atoms. The maximum Gasteiger partial charge on any atom is 0.109 e. The second-order valence-corrected chi connectivity index (χ2v) is 5.24. The maximum absolute atomic E-state index is 5.80. The first-order valence-corrected chi connectivity index (χ1v) is 7.41. The highest BCUT2D eigenvalue weighted by Gasteiger charge is 2.16. The molecule has 1 aromatic rings. The topological polar surface area (TPSA) is 21.3 Å². The van der Waals surface area contributed by atoms with Crippen molar-refractivity contribution in [3.63, 3.8) is 0 Å². The molecule has 1 N–H and O–H groups in total. The van der Waals surface area contributed by atoms with Crippen molar-refractivity contribution in [2.45, 2.75) is 45.6 Å². The number of likely N-dealkylation sites (N-methyl/N-ethyl adjacent to an activating group) is 1. The zero-order valence-corrected chi connectivity index (χ0v) is 12.1. The summed E-state index contributed by atoms with van der Waals surface area (Å²) < 4.78 is 5.80. The second-order valence-electron chi connectivity index (χ2n) is 5.24. The summed E-state index contributed by atoms with van der Waals surface area (Å²) in [6.45, 7) is 6.17. The first-order chi connectivity index (χ1) is 9.29. The highest BCUT2D eigenvalue weighted by molar-refractivity contribution is 5.22. The van der Waals surface area contributed by atoms with Crippen LogP contribution < -0.4 is 5.32 Å². The molecule has 104 valence electrons. The number of hydrogen-bond acceptors (Lipinski definition) is 2. The van der Waals surface area contributed by atoms with Crippen LogP contribution in [0, 0.1) is 6.92 Å². The van der Waals surface area contributed by atoms with Crippen molar-refractivity contribution in [2.75, 3.05) is 13.2 Å². The SMILES string of the molecule is CCNC(CCc1cccc(C)c1)C1=CCCCO1. The monoisotopic (exact) mass is 259 g/mol. The van der Waals surface area contributed by atoms with Gasteiger partial charge < -0.3 is 10.1 Å². The van der Waals surface area contributed by atoms with Crippen LogP contribution >= 0.6 is 0 Å². The molecule has 1 aliphatic rings. The summed E-state index contributed by atoms with van der Waals surface area (Å²) in [5.41, 5.74) is 2.75. The quantitative estimate of drug-likeness (QED) is 0.843. The number of nitrogens with one attached hydrogen (secondary N) is 1. The van der Waals surface area contributed by atoms with Crippen LogP contribution in [0.25, 0.3) is 0 Å². The van der Waals surface area contributed by atoms with Crippen LogP contribution in [-0.2, 0) is 11.2 Å². The summed E-state index contributed by atoms with van der Waals surface area (Å²) in [5.74, 6) is 1.15. The van der Waals surface area contributed by atoms with Crippen LogP contribution in [0.3, 0.4) is 0 Å². The molecule has 2 rings (SSSR count). The van der Waals surface area contributed by atoms with Gasteiger partial charge in [-0.2, -0.15) is 0 Å². The zero-order chi connectivity index (χ0) is 13.5. The second kappa shape index (κ2) is 7.34. The Bertz CT molecular complexity index is 425. The van der Waals surface area contributed by atoms with Crippen molar-refractivity contribution in [3.8, 4) is 0 Å². The molecule has 1 atom stereocenters. The molecule has 0 bridgehead atoms. The van der Waals surface area contributed by atoms with E-state index in [1.807, 2.05) is 0 Å². The van der Waals surface area contributed by atoms with E-state index in [0.29, 0.717) is 6.04 Å². The first-order valence-electron chi connectivity index (χ1n) is 7.41. The first kappa shape index (κ1) is 14.1. The van der Waals surface area contributed by atoms with Crippen molar-refractivity contribution in [3.05, 3.63) is 47.2 Å². The molecular formula is C17H25NO. The van der Waals surface area contributed by atoms with Crippen LogP contribution in [0.1, 0.15) is 37.3 Å². The van der Waals surface area contributed by atoms with Gasteiger partial charge in [0.1, 0.15) is 5.76 Å². The predicted octanol–water partition coefficient (Wildman–Crippen LogP) is 3.60. The zero-order valence-electron chi connectivity index (χ0n) is 12.1. The van der Waals surface area contributed by atoms with Gasteiger partial charge in [-0.25, -0.2) is 0 Å². The molecule has 0 amide bonds. The van der Waals surface area contributed by atoms with Crippen LogP contribution in [0.4, 0.5) is 0 Å². The standard InChI is InChI=1S/C17H25NO/c1-3-18-16(17-9-4-5-12-19-17)11-10-15-8-6-7-14(2)13-15/h6-9,13,16,18H,3-5,10-12H2,1-2H3. The van der Waals surface area contributed by atoms with E-state index in [2.05, 4.69) is 49.5 Å².